The van der Waals surface area contributed by atoms with Gasteiger partial charge in [0.2, 0.25) is 11.8 Å². The average Bonchev–Trinajstić information content (AvgIpc) is 3.20. The summed E-state index contributed by atoms with van der Waals surface area (Å²) in [4.78, 5) is 37.1. The van der Waals surface area contributed by atoms with Crippen molar-refractivity contribution in [3.8, 4) is 6.07 Å². The highest BCUT2D eigenvalue weighted by molar-refractivity contribution is 6.00. The molecular formula is C22H24N6O2. The second kappa shape index (κ2) is 8.91. The number of para-hydroxylation sites is 1. The molecule has 8 nitrogen and oxygen atoms in total. The highest BCUT2D eigenvalue weighted by Gasteiger charge is 2.35. The van der Waals surface area contributed by atoms with Crippen molar-refractivity contribution in [1.82, 2.24) is 15.3 Å². The van der Waals surface area contributed by atoms with E-state index in [1.165, 1.54) is 6.20 Å². The van der Waals surface area contributed by atoms with E-state index in [9.17, 15) is 14.9 Å². The number of nitrogens with one attached hydrogen (secondary N) is 1. The van der Waals surface area contributed by atoms with Crippen LogP contribution in [0.2, 0.25) is 0 Å². The summed E-state index contributed by atoms with van der Waals surface area (Å²) in [5.74, 6) is 0.634. The first-order chi connectivity index (χ1) is 14.7. The van der Waals surface area contributed by atoms with E-state index in [0.717, 1.165) is 31.6 Å². The summed E-state index contributed by atoms with van der Waals surface area (Å²) in [7, 11) is 0. The molecule has 0 bridgehead atoms. The summed E-state index contributed by atoms with van der Waals surface area (Å²) >= 11 is 0. The van der Waals surface area contributed by atoms with Gasteiger partial charge in [-0.3, -0.25) is 9.59 Å². The first-order valence-corrected chi connectivity index (χ1v) is 10.2. The van der Waals surface area contributed by atoms with E-state index < -0.39 is 0 Å². The number of carbonyl (C=O) groups is 2. The topological polar surface area (TPSA) is 102 Å². The minimum Gasteiger partial charge on any atom is -0.356 e. The molecule has 4 rings (SSSR count). The van der Waals surface area contributed by atoms with Crippen LogP contribution in [0.5, 0.6) is 0 Å². The van der Waals surface area contributed by atoms with Gasteiger partial charge in [-0.1, -0.05) is 18.2 Å². The Morgan fingerprint density at radius 2 is 1.90 bits per heavy atom. The van der Waals surface area contributed by atoms with Gasteiger partial charge in [0.25, 0.3) is 0 Å². The number of benzene rings is 1. The average molecular weight is 404 g/mol. The molecule has 2 amide bonds. The Morgan fingerprint density at radius 1 is 1.17 bits per heavy atom. The molecule has 1 N–H and O–H groups in total. The van der Waals surface area contributed by atoms with Gasteiger partial charge in [-0.15, -0.1) is 0 Å². The van der Waals surface area contributed by atoms with E-state index in [0.29, 0.717) is 30.5 Å². The lowest BCUT2D eigenvalue weighted by Crippen LogP contribution is -2.41. The first-order valence-electron chi connectivity index (χ1n) is 10.2. The van der Waals surface area contributed by atoms with Gasteiger partial charge in [0.05, 0.1) is 5.92 Å². The second-order valence-electron chi connectivity index (χ2n) is 7.76. The number of amides is 2. The number of hydrogen-bond donors (Lipinski definition) is 1. The standard InChI is InChI=1S/C22H24N6O2/c23-13-19-21(25-9-8-24-19)27-10-6-16(7-11-27)14-26-22(30)17-12-20(29)28(15-17)18-4-2-1-3-5-18/h1-5,8-9,16-17H,6-7,10-12,14-15H2,(H,26,30). The van der Waals surface area contributed by atoms with Crippen molar-refractivity contribution >= 4 is 23.3 Å². The quantitative estimate of drug-likeness (QED) is 0.814. The van der Waals surface area contributed by atoms with Crippen LogP contribution in [0.15, 0.2) is 42.7 Å². The smallest absolute Gasteiger partial charge is 0.227 e. The lowest BCUT2D eigenvalue weighted by Gasteiger charge is -2.33. The van der Waals surface area contributed by atoms with Gasteiger partial charge in [0.15, 0.2) is 11.5 Å². The predicted molar refractivity (Wildman–Crippen MR) is 112 cm³/mol. The van der Waals surface area contributed by atoms with E-state index in [-0.39, 0.29) is 24.2 Å². The summed E-state index contributed by atoms with van der Waals surface area (Å²) in [5.41, 5.74) is 1.18. The van der Waals surface area contributed by atoms with Crippen LogP contribution in [0.4, 0.5) is 11.5 Å². The number of nitrogens with zero attached hydrogens (tertiary/aromatic N) is 5. The Balaban J connectivity index is 1.26. The third kappa shape index (κ3) is 4.25. The molecule has 154 valence electrons. The van der Waals surface area contributed by atoms with Crippen molar-refractivity contribution in [3.05, 3.63) is 48.4 Å². The second-order valence-corrected chi connectivity index (χ2v) is 7.76. The van der Waals surface area contributed by atoms with Crippen molar-refractivity contribution in [3.63, 3.8) is 0 Å². The van der Waals surface area contributed by atoms with E-state index >= 15 is 0 Å². The summed E-state index contributed by atoms with van der Waals surface area (Å²) in [6, 6.07) is 11.6. The molecule has 2 saturated heterocycles. The minimum atomic E-state index is -0.310. The van der Waals surface area contributed by atoms with Crippen molar-refractivity contribution in [2.24, 2.45) is 11.8 Å². The lowest BCUT2D eigenvalue weighted by molar-refractivity contribution is -0.126. The molecule has 2 aliphatic heterocycles. The molecule has 1 aromatic carbocycles. The van der Waals surface area contributed by atoms with Crippen molar-refractivity contribution in [2.45, 2.75) is 19.3 Å². The molecule has 30 heavy (non-hydrogen) atoms. The SMILES string of the molecule is N#Cc1nccnc1N1CCC(CNC(=O)C2CC(=O)N(c3ccccc3)C2)CC1. The molecule has 8 heteroatoms. The minimum absolute atomic E-state index is 0.00748. The van der Waals surface area contributed by atoms with E-state index in [1.807, 2.05) is 30.3 Å². The Kier molecular flexibility index (Phi) is 5.89. The number of aromatic nitrogens is 2. The van der Waals surface area contributed by atoms with Gasteiger partial charge in [0.1, 0.15) is 6.07 Å². The number of anilines is 2. The van der Waals surface area contributed by atoms with Crippen LogP contribution in [0.25, 0.3) is 0 Å². The van der Waals surface area contributed by atoms with Crippen LogP contribution in [-0.2, 0) is 9.59 Å². The van der Waals surface area contributed by atoms with Gasteiger partial charge in [0, 0.05) is 50.7 Å². The fourth-order valence-corrected chi connectivity index (χ4v) is 4.12. The molecule has 2 aliphatic rings. The van der Waals surface area contributed by atoms with Crippen LogP contribution < -0.4 is 15.1 Å². The Hall–Kier alpha value is -3.47. The molecule has 0 spiro atoms. The van der Waals surface area contributed by atoms with Crippen LogP contribution in [0, 0.1) is 23.2 Å². The van der Waals surface area contributed by atoms with Crippen molar-refractivity contribution in [2.75, 3.05) is 36.0 Å². The third-order valence-electron chi connectivity index (χ3n) is 5.83. The van der Waals surface area contributed by atoms with Crippen molar-refractivity contribution in [1.29, 1.82) is 5.26 Å². The van der Waals surface area contributed by atoms with E-state index in [2.05, 4.69) is 26.3 Å². The van der Waals surface area contributed by atoms with Gasteiger partial charge in [-0.05, 0) is 30.9 Å². The number of rotatable bonds is 5. The van der Waals surface area contributed by atoms with Gasteiger partial charge < -0.3 is 15.1 Å². The predicted octanol–water partition coefficient (Wildman–Crippen LogP) is 1.73. The van der Waals surface area contributed by atoms with Crippen LogP contribution in [-0.4, -0.2) is 48.0 Å². The number of carbonyl (C=O) groups excluding carboxylic acids is 2. The van der Waals surface area contributed by atoms with Crippen molar-refractivity contribution < 1.29 is 9.59 Å². The molecule has 0 saturated carbocycles. The zero-order valence-electron chi connectivity index (χ0n) is 16.7. The molecule has 0 aliphatic carbocycles. The van der Waals surface area contributed by atoms with E-state index in [4.69, 9.17) is 0 Å². The molecule has 2 fully saturated rings. The molecule has 1 unspecified atom stereocenters. The maximum atomic E-state index is 12.6. The molecule has 2 aromatic rings. The Bertz CT molecular complexity index is 950. The van der Waals surface area contributed by atoms with Crippen LogP contribution >= 0.6 is 0 Å². The zero-order valence-corrected chi connectivity index (χ0v) is 16.7. The summed E-state index contributed by atoms with van der Waals surface area (Å²) in [6.07, 6.45) is 5.19. The maximum absolute atomic E-state index is 12.6. The zero-order chi connectivity index (χ0) is 20.9. The fraction of sp³-hybridized carbons (Fsp3) is 0.409. The molecule has 1 aromatic heterocycles. The van der Waals surface area contributed by atoms with Gasteiger partial charge in [-0.2, -0.15) is 5.26 Å². The molecule has 1 atom stereocenters. The van der Waals surface area contributed by atoms with E-state index in [1.54, 1.807) is 11.1 Å². The van der Waals surface area contributed by atoms with Crippen LogP contribution in [0.1, 0.15) is 25.0 Å². The number of nitriles is 1. The summed E-state index contributed by atoms with van der Waals surface area (Å²) in [6.45, 7) is 2.58. The van der Waals surface area contributed by atoms with Gasteiger partial charge >= 0.3 is 0 Å². The molecule has 0 radical (unpaired) electrons. The monoisotopic (exact) mass is 404 g/mol. The molecule has 3 heterocycles. The summed E-state index contributed by atoms with van der Waals surface area (Å²) < 4.78 is 0. The van der Waals surface area contributed by atoms with Gasteiger partial charge in [-0.25, -0.2) is 9.97 Å². The first kappa shape index (κ1) is 19.8. The maximum Gasteiger partial charge on any atom is 0.227 e. The normalized spacial score (nSPS) is 19.6. The number of hydrogen-bond acceptors (Lipinski definition) is 6. The summed E-state index contributed by atoms with van der Waals surface area (Å²) in [5, 5.41) is 12.3. The highest BCUT2D eigenvalue weighted by Crippen LogP contribution is 2.26. The lowest BCUT2D eigenvalue weighted by atomic mass is 9.96. The van der Waals surface area contributed by atoms with Crippen LogP contribution in [0.3, 0.4) is 0 Å². The third-order valence-corrected chi connectivity index (χ3v) is 5.83. The highest BCUT2D eigenvalue weighted by atomic mass is 16.2. The molecular weight excluding hydrogens is 380 g/mol. The largest absolute Gasteiger partial charge is 0.356 e. The Labute approximate surface area is 175 Å². The number of piperidine rings is 1. The Morgan fingerprint density at radius 3 is 2.63 bits per heavy atom. The fourth-order valence-electron chi connectivity index (χ4n) is 4.12.